The quantitative estimate of drug-likeness (QED) is 0.809. The van der Waals surface area contributed by atoms with E-state index in [9.17, 15) is 9.50 Å². The molecule has 0 spiro atoms. The number of para-hydroxylation sites is 1. The number of hydrogen-bond acceptors (Lipinski definition) is 2. The van der Waals surface area contributed by atoms with Crippen LogP contribution in [0.5, 0.6) is 11.5 Å². The van der Waals surface area contributed by atoms with Crippen LogP contribution in [-0.4, -0.2) is 11.2 Å². The average Bonchev–Trinajstić information content (AvgIpc) is 2.81. The normalized spacial score (nSPS) is 32.5. The van der Waals surface area contributed by atoms with Crippen LogP contribution in [0.1, 0.15) is 19.3 Å². The molecule has 0 saturated heterocycles. The summed E-state index contributed by atoms with van der Waals surface area (Å²) >= 11 is 0. The van der Waals surface area contributed by atoms with Crippen molar-refractivity contribution in [3.8, 4) is 11.5 Å². The summed E-state index contributed by atoms with van der Waals surface area (Å²) in [6.45, 7) is 0. The largest absolute Gasteiger partial charge is 0.504 e. The number of hydrogen-bond donors (Lipinski definition) is 1. The molecule has 2 aliphatic carbocycles. The van der Waals surface area contributed by atoms with Crippen molar-refractivity contribution in [3.63, 3.8) is 0 Å². The van der Waals surface area contributed by atoms with Gasteiger partial charge in [0.1, 0.15) is 0 Å². The lowest BCUT2D eigenvalue weighted by Crippen LogP contribution is -2.14. The fourth-order valence-electron chi connectivity index (χ4n) is 2.54. The van der Waals surface area contributed by atoms with E-state index < -0.39 is 5.82 Å². The van der Waals surface area contributed by atoms with E-state index in [-0.39, 0.29) is 17.6 Å². The molecular formula is C12H13FO2. The Balaban J connectivity index is 1.76. The first kappa shape index (κ1) is 9.01. The average molecular weight is 208 g/mol. The Labute approximate surface area is 87.7 Å². The van der Waals surface area contributed by atoms with Gasteiger partial charge in [0.2, 0.25) is 0 Å². The Hall–Kier alpha value is -1.25. The Morgan fingerprint density at radius 3 is 2.60 bits per heavy atom. The maximum atomic E-state index is 13.3. The molecule has 0 heterocycles. The van der Waals surface area contributed by atoms with Gasteiger partial charge in [-0.2, -0.15) is 0 Å². The smallest absolute Gasteiger partial charge is 0.197 e. The maximum Gasteiger partial charge on any atom is 0.197 e. The van der Waals surface area contributed by atoms with Crippen LogP contribution in [0.2, 0.25) is 0 Å². The van der Waals surface area contributed by atoms with Gasteiger partial charge in [0.05, 0.1) is 6.10 Å². The van der Waals surface area contributed by atoms with E-state index in [0.29, 0.717) is 0 Å². The summed E-state index contributed by atoms with van der Waals surface area (Å²) < 4.78 is 18.8. The number of rotatable bonds is 2. The summed E-state index contributed by atoms with van der Waals surface area (Å²) in [7, 11) is 0. The first-order valence-corrected chi connectivity index (χ1v) is 5.38. The first-order valence-electron chi connectivity index (χ1n) is 5.38. The molecule has 2 atom stereocenters. The van der Waals surface area contributed by atoms with Crippen LogP contribution in [0.4, 0.5) is 4.39 Å². The number of ether oxygens (including phenoxy) is 1. The third-order valence-corrected chi connectivity index (χ3v) is 3.43. The summed E-state index contributed by atoms with van der Waals surface area (Å²) in [4.78, 5) is 0. The van der Waals surface area contributed by atoms with Gasteiger partial charge in [0, 0.05) is 0 Å². The second kappa shape index (κ2) is 3.12. The molecule has 1 N–H and O–H groups in total. The van der Waals surface area contributed by atoms with Crippen molar-refractivity contribution in [2.75, 3.05) is 0 Å². The van der Waals surface area contributed by atoms with E-state index in [1.54, 1.807) is 0 Å². The van der Waals surface area contributed by atoms with E-state index in [2.05, 4.69) is 0 Å². The van der Waals surface area contributed by atoms with Crippen LogP contribution >= 0.6 is 0 Å². The number of aromatic hydroxyl groups is 1. The predicted octanol–water partition coefficient (Wildman–Crippen LogP) is 2.71. The third kappa shape index (κ3) is 1.56. The van der Waals surface area contributed by atoms with Crippen molar-refractivity contribution in [1.29, 1.82) is 0 Å². The predicted molar refractivity (Wildman–Crippen MR) is 53.3 cm³/mol. The molecule has 15 heavy (non-hydrogen) atoms. The molecule has 2 unspecified atom stereocenters. The topological polar surface area (TPSA) is 29.5 Å². The van der Waals surface area contributed by atoms with Gasteiger partial charge in [0.25, 0.3) is 0 Å². The molecule has 1 aromatic rings. The minimum absolute atomic E-state index is 0.0174. The van der Waals surface area contributed by atoms with Gasteiger partial charge in [0.15, 0.2) is 17.3 Å². The monoisotopic (exact) mass is 208 g/mol. The minimum atomic E-state index is -0.476. The van der Waals surface area contributed by atoms with Gasteiger partial charge in [-0.05, 0) is 43.2 Å². The molecule has 0 aromatic heterocycles. The van der Waals surface area contributed by atoms with Crippen LogP contribution in [0.25, 0.3) is 0 Å². The Bertz CT molecular complexity index is 361. The van der Waals surface area contributed by atoms with E-state index in [1.807, 2.05) is 0 Å². The molecule has 80 valence electrons. The van der Waals surface area contributed by atoms with Gasteiger partial charge in [-0.25, -0.2) is 4.39 Å². The minimum Gasteiger partial charge on any atom is -0.504 e. The number of halogens is 1. The number of phenols is 1. The fourth-order valence-corrected chi connectivity index (χ4v) is 2.54. The highest BCUT2D eigenvalue weighted by molar-refractivity contribution is 5.39. The van der Waals surface area contributed by atoms with Gasteiger partial charge in [-0.3, -0.25) is 0 Å². The second-order valence-corrected chi connectivity index (χ2v) is 4.56. The zero-order chi connectivity index (χ0) is 10.4. The number of phenolic OH excluding ortho intramolecular Hbond substituents is 1. The second-order valence-electron chi connectivity index (χ2n) is 4.56. The molecule has 2 aliphatic rings. The standard InChI is InChI=1S/C12H13FO2/c13-10-2-1-3-11(14)12(10)15-9-5-7-4-8(7)6-9/h1-3,7-9,14H,4-6H2. The Morgan fingerprint density at radius 1 is 1.20 bits per heavy atom. The fraction of sp³-hybridized carbons (Fsp3) is 0.500. The molecule has 1 aromatic carbocycles. The van der Waals surface area contributed by atoms with Gasteiger partial charge in [-0.15, -0.1) is 0 Å². The molecule has 2 fully saturated rings. The Kier molecular flexibility index (Phi) is 1.87. The summed E-state index contributed by atoms with van der Waals surface area (Å²) in [5.41, 5.74) is 0. The molecule has 3 heteroatoms. The molecule has 2 saturated carbocycles. The Morgan fingerprint density at radius 2 is 1.93 bits per heavy atom. The van der Waals surface area contributed by atoms with Crippen molar-refractivity contribution < 1.29 is 14.2 Å². The molecule has 0 amide bonds. The lowest BCUT2D eigenvalue weighted by atomic mass is 10.2. The van der Waals surface area contributed by atoms with Gasteiger partial charge < -0.3 is 9.84 Å². The molecule has 0 aliphatic heterocycles. The van der Waals surface area contributed by atoms with E-state index in [1.165, 1.54) is 24.6 Å². The SMILES string of the molecule is Oc1cccc(F)c1OC1CC2CC2C1. The van der Waals surface area contributed by atoms with Crippen molar-refractivity contribution in [2.24, 2.45) is 11.8 Å². The van der Waals surface area contributed by atoms with Crippen LogP contribution < -0.4 is 4.74 Å². The zero-order valence-corrected chi connectivity index (χ0v) is 8.32. The van der Waals surface area contributed by atoms with Crippen molar-refractivity contribution in [1.82, 2.24) is 0 Å². The zero-order valence-electron chi connectivity index (χ0n) is 8.32. The van der Waals surface area contributed by atoms with Crippen molar-refractivity contribution >= 4 is 0 Å². The van der Waals surface area contributed by atoms with E-state index in [0.717, 1.165) is 24.7 Å². The third-order valence-electron chi connectivity index (χ3n) is 3.43. The van der Waals surface area contributed by atoms with Crippen molar-refractivity contribution in [3.05, 3.63) is 24.0 Å². The van der Waals surface area contributed by atoms with E-state index >= 15 is 0 Å². The molecule has 0 bridgehead atoms. The van der Waals surface area contributed by atoms with Gasteiger partial charge in [-0.1, -0.05) is 6.07 Å². The molecular weight excluding hydrogens is 195 g/mol. The van der Waals surface area contributed by atoms with Crippen LogP contribution in [0.15, 0.2) is 18.2 Å². The molecule has 2 nitrogen and oxygen atoms in total. The summed E-state index contributed by atoms with van der Waals surface area (Å²) in [6.07, 6.45) is 3.43. The highest BCUT2D eigenvalue weighted by Gasteiger charge is 2.47. The first-order chi connectivity index (χ1) is 7.24. The maximum absolute atomic E-state index is 13.3. The lowest BCUT2D eigenvalue weighted by Gasteiger charge is -2.16. The van der Waals surface area contributed by atoms with Crippen LogP contribution in [-0.2, 0) is 0 Å². The number of fused-ring (bicyclic) bond motifs is 1. The summed E-state index contributed by atoms with van der Waals surface area (Å²) in [5.74, 6) is 1.03. The molecule has 3 rings (SSSR count). The van der Waals surface area contributed by atoms with E-state index in [4.69, 9.17) is 4.74 Å². The van der Waals surface area contributed by atoms with Crippen LogP contribution in [0, 0.1) is 17.7 Å². The highest BCUT2D eigenvalue weighted by Crippen LogP contribution is 2.53. The van der Waals surface area contributed by atoms with Gasteiger partial charge >= 0.3 is 0 Å². The molecule has 0 radical (unpaired) electrons. The summed E-state index contributed by atoms with van der Waals surface area (Å²) in [5, 5.41) is 9.46. The summed E-state index contributed by atoms with van der Waals surface area (Å²) in [6, 6.07) is 4.24. The van der Waals surface area contributed by atoms with Crippen LogP contribution in [0.3, 0.4) is 0 Å². The van der Waals surface area contributed by atoms with Crippen molar-refractivity contribution in [2.45, 2.75) is 25.4 Å². The lowest BCUT2D eigenvalue weighted by molar-refractivity contribution is 0.179. The number of benzene rings is 1. The highest BCUT2D eigenvalue weighted by atomic mass is 19.1.